The van der Waals surface area contributed by atoms with Crippen molar-refractivity contribution in [3.05, 3.63) is 11.9 Å². The lowest BCUT2D eigenvalue weighted by atomic mass is 10.0. The minimum Gasteiger partial charge on any atom is -0.309 e. The van der Waals surface area contributed by atoms with E-state index in [0.717, 1.165) is 12.2 Å². The fraction of sp³-hybridized carbons (Fsp3) is 0.750. The van der Waals surface area contributed by atoms with Gasteiger partial charge in [-0.15, -0.1) is 17.5 Å². The zero-order chi connectivity index (χ0) is 8.39. The molecule has 0 saturated carbocycles. The van der Waals surface area contributed by atoms with Gasteiger partial charge < -0.3 is 5.32 Å². The van der Waals surface area contributed by atoms with E-state index in [9.17, 15) is 0 Å². The first-order valence-electron chi connectivity index (χ1n) is 4.46. The Morgan fingerprint density at radius 3 is 2.92 bits per heavy atom. The summed E-state index contributed by atoms with van der Waals surface area (Å²) in [5.74, 6) is 0. The van der Waals surface area contributed by atoms with E-state index < -0.39 is 0 Å². The molecule has 2 rings (SSSR count). The van der Waals surface area contributed by atoms with Crippen LogP contribution in [0.3, 0.4) is 0 Å². The van der Waals surface area contributed by atoms with Crippen LogP contribution in [0, 0.1) is 0 Å². The minimum atomic E-state index is 0. The average Bonchev–Trinajstić information content (AvgIpc) is 2.54. The van der Waals surface area contributed by atoms with Crippen molar-refractivity contribution in [1.82, 2.24) is 20.3 Å². The third kappa shape index (κ3) is 2.42. The van der Waals surface area contributed by atoms with Crippen LogP contribution in [-0.4, -0.2) is 21.5 Å². The lowest BCUT2D eigenvalue weighted by Crippen LogP contribution is -2.26. The Morgan fingerprint density at radius 1 is 1.54 bits per heavy atom. The molecule has 1 fully saturated rings. The lowest BCUT2D eigenvalue weighted by molar-refractivity contribution is 0.405. The zero-order valence-electron chi connectivity index (χ0n) is 7.73. The van der Waals surface area contributed by atoms with Gasteiger partial charge in [-0.1, -0.05) is 11.6 Å². The Bertz CT molecular complexity index is 254. The predicted octanol–water partition coefficient (Wildman–Crippen LogP) is 1.05. The Balaban J connectivity index is 0.000000845. The first kappa shape index (κ1) is 10.5. The van der Waals surface area contributed by atoms with Crippen LogP contribution in [-0.2, 0) is 7.05 Å². The highest BCUT2D eigenvalue weighted by Crippen LogP contribution is 2.19. The van der Waals surface area contributed by atoms with E-state index in [1.807, 2.05) is 13.2 Å². The molecule has 0 amide bonds. The summed E-state index contributed by atoms with van der Waals surface area (Å²) in [6.07, 6.45) is 5.77. The Morgan fingerprint density at radius 2 is 2.38 bits per heavy atom. The van der Waals surface area contributed by atoms with Crippen LogP contribution in [0.1, 0.15) is 31.0 Å². The molecule has 0 aliphatic carbocycles. The number of nitrogens with one attached hydrogen (secondary N) is 1. The van der Waals surface area contributed by atoms with Gasteiger partial charge in [0.15, 0.2) is 0 Å². The number of rotatable bonds is 1. The molecule has 74 valence electrons. The number of piperidine rings is 1. The van der Waals surface area contributed by atoms with E-state index in [1.54, 1.807) is 4.68 Å². The number of hydrogen-bond donors (Lipinski definition) is 1. The minimum absolute atomic E-state index is 0. The van der Waals surface area contributed by atoms with Crippen LogP contribution in [0.25, 0.3) is 0 Å². The van der Waals surface area contributed by atoms with Crippen LogP contribution in [0.4, 0.5) is 0 Å². The molecule has 0 spiro atoms. The normalized spacial score (nSPS) is 22.4. The molecule has 1 N–H and O–H groups in total. The van der Waals surface area contributed by atoms with Gasteiger partial charge in [0, 0.05) is 13.2 Å². The Labute approximate surface area is 84.1 Å². The van der Waals surface area contributed by atoms with Crippen molar-refractivity contribution in [2.75, 3.05) is 6.54 Å². The monoisotopic (exact) mass is 202 g/mol. The highest BCUT2D eigenvalue weighted by Gasteiger charge is 2.16. The summed E-state index contributed by atoms with van der Waals surface area (Å²) >= 11 is 0. The molecule has 1 aromatic heterocycles. The van der Waals surface area contributed by atoms with Crippen molar-refractivity contribution < 1.29 is 0 Å². The van der Waals surface area contributed by atoms with Gasteiger partial charge in [-0.25, -0.2) is 0 Å². The van der Waals surface area contributed by atoms with Gasteiger partial charge in [-0.2, -0.15) is 0 Å². The van der Waals surface area contributed by atoms with Gasteiger partial charge in [0.2, 0.25) is 0 Å². The second kappa shape index (κ2) is 4.58. The van der Waals surface area contributed by atoms with Crippen molar-refractivity contribution in [3.8, 4) is 0 Å². The molecule has 13 heavy (non-hydrogen) atoms. The summed E-state index contributed by atoms with van der Waals surface area (Å²) in [6, 6.07) is 0.437. The zero-order valence-corrected chi connectivity index (χ0v) is 8.55. The highest BCUT2D eigenvalue weighted by atomic mass is 35.5. The summed E-state index contributed by atoms with van der Waals surface area (Å²) in [7, 11) is 1.90. The van der Waals surface area contributed by atoms with E-state index in [-0.39, 0.29) is 12.4 Å². The lowest BCUT2D eigenvalue weighted by Gasteiger charge is -2.20. The molecule has 1 aliphatic heterocycles. The van der Waals surface area contributed by atoms with Gasteiger partial charge in [0.1, 0.15) is 0 Å². The second-order valence-electron chi connectivity index (χ2n) is 3.32. The van der Waals surface area contributed by atoms with Crippen molar-refractivity contribution in [1.29, 1.82) is 0 Å². The number of hydrogen-bond acceptors (Lipinski definition) is 3. The Kier molecular flexibility index (Phi) is 3.69. The van der Waals surface area contributed by atoms with E-state index in [0.29, 0.717) is 6.04 Å². The maximum atomic E-state index is 4.09. The summed E-state index contributed by atoms with van der Waals surface area (Å²) in [5.41, 5.74) is 1.08. The maximum absolute atomic E-state index is 4.09. The first-order valence-corrected chi connectivity index (χ1v) is 4.46. The van der Waals surface area contributed by atoms with E-state index in [1.165, 1.54) is 19.3 Å². The molecule has 2 heterocycles. The molecule has 1 aliphatic rings. The van der Waals surface area contributed by atoms with Gasteiger partial charge in [0.05, 0.1) is 11.7 Å². The second-order valence-corrected chi connectivity index (χ2v) is 3.32. The van der Waals surface area contributed by atoms with Crippen LogP contribution in [0.2, 0.25) is 0 Å². The van der Waals surface area contributed by atoms with E-state index in [2.05, 4.69) is 15.6 Å². The molecule has 0 aromatic carbocycles. The smallest absolute Gasteiger partial charge is 0.0996 e. The summed E-state index contributed by atoms with van der Waals surface area (Å²) in [5, 5.41) is 11.4. The average molecular weight is 203 g/mol. The summed E-state index contributed by atoms with van der Waals surface area (Å²) in [6.45, 7) is 1.11. The molecule has 1 saturated heterocycles. The third-order valence-corrected chi connectivity index (χ3v) is 2.29. The topological polar surface area (TPSA) is 42.7 Å². The predicted molar refractivity (Wildman–Crippen MR) is 52.8 cm³/mol. The van der Waals surface area contributed by atoms with Crippen LogP contribution >= 0.6 is 12.4 Å². The number of aryl methyl sites for hydroxylation is 1. The fourth-order valence-electron chi connectivity index (χ4n) is 1.63. The number of aromatic nitrogens is 3. The van der Waals surface area contributed by atoms with E-state index in [4.69, 9.17) is 0 Å². The molecule has 1 atom stereocenters. The van der Waals surface area contributed by atoms with Crippen LogP contribution in [0.15, 0.2) is 6.20 Å². The van der Waals surface area contributed by atoms with Crippen molar-refractivity contribution >= 4 is 12.4 Å². The van der Waals surface area contributed by atoms with Gasteiger partial charge in [-0.05, 0) is 19.4 Å². The Hall–Kier alpha value is -0.610. The molecule has 1 aromatic rings. The van der Waals surface area contributed by atoms with Gasteiger partial charge in [-0.3, -0.25) is 4.68 Å². The molecule has 0 radical (unpaired) electrons. The van der Waals surface area contributed by atoms with Crippen molar-refractivity contribution in [2.24, 2.45) is 7.05 Å². The molecule has 1 unspecified atom stereocenters. The standard InChI is InChI=1S/C8H14N4.ClH/c1-12-6-8(10-11-12)7-4-2-3-5-9-7;/h6-7,9H,2-5H2,1H3;1H. The molecular formula is C8H15ClN4. The summed E-state index contributed by atoms with van der Waals surface area (Å²) < 4.78 is 1.76. The molecule has 5 heteroatoms. The SMILES string of the molecule is Cl.Cn1cc(C2CCCCN2)nn1. The van der Waals surface area contributed by atoms with Crippen molar-refractivity contribution in [3.63, 3.8) is 0 Å². The van der Waals surface area contributed by atoms with Crippen LogP contribution < -0.4 is 5.32 Å². The molecular weight excluding hydrogens is 188 g/mol. The molecule has 4 nitrogen and oxygen atoms in total. The number of nitrogens with zero attached hydrogens (tertiary/aromatic N) is 3. The van der Waals surface area contributed by atoms with Gasteiger partial charge in [0.25, 0.3) is 0 Å². The third-order valence-electron chi connectivity index (χ3n) is 2.29. The highest BCUT2D eigenvalue weighted by molar-refractivity contribution is 5.85. The summed E-state index contributed by atoms with van der Waals surface area (Å²) in [4.78, 5) is 0. The fourth-order valence-corrected chi connectivity index (χ4v) is 1.63. The van der Waals surface area contributed by atoms with Gasteiger partial charge >= 0.3 is 0 Å². The quantitative estimate of drug-likeness (QED) is 0.741. The van der Waals surface area contributed by atoms with Crippen LogP contribution in [0.5, 0.6) is 0 Å². The van der Waals surface area contributed by atoms with E-state index >= 15 is 0 Å². The molecule has 0 bridgehead atoms. The first-order chi connectivity index (χ1) is 5.86. The number of halogens is 1. The largest absolute Gasteiger partial charge is 0.309 e. The maximum Gasteiger partial charge on any atom is 0.0996 e. The van der Waals surface area contributed by atoms with Crippen molar-refractivity contribution in [2.45, 2.75) is 25.3 Å².